The lowest BCUT2D eigenvalue weighted by molar-refractivity contribution is -0.126. The molecule has 1 aromatic rings. The highest BCUT2D eigenvalue weighted by Gasteiger charge is 2.38. The van der Waals surface area contributed by atoms with E-state index in [9.17, 15) is 4.79 Å². The molecule has 18 heavy (non-hydrogen) atoms. The van der Waals surface area contributed by atoms with Crippen LogP contribution in [0.15, 0.2) is 24.3 Å². The minimum atomic E-state index is 0.206. The van der Waals surface area contributed by atoms with Crippen molar-refractivity contribution in [3.8, 4) is 5.75 Å². The number of piperidine rings is 1. The first kappa shape index (κ1) is 11.7. The van der Waals surface area contributed by atoms with Crippen molar-refractivity contribution in [3.05, 3.63) is 29.8 Å². The molecule has 2 fully saturated rings. The number of fused-ring (bicyclic) bond motifs is 2. The van der Waals surface area contributed by atoms with Gasteiger partial charge in [0.05, 0.1) is 13.7 Å². The summed E-state index contributed by atoms with van der Waals surface area (Å²) < 4.78 is 5.28. The third-order valence-corrected chi connectivity index (χ3v) is 4.35. The van der Waals surface area contributed by atoms with Gasteiger partial charge in [-0.3, -0.25) is 4.79 Å². The third kappa shape index (κ3) is 2.03. The van der Waals surface area contributed by atoms with Crippen molar-refractivity contribution in [2.75, 3.05) is 13.7 Å². The Morgan fingerprint density at radius 2 is 2.17 bits per heavy atom. The zero-order valence-electron chi connectivity index (χ0n) is 10.7. The highest BCUT2D eigenvalue weighted by molar-refractivity contribution is 5.85. The van der Waals surface area contributed by atoms with Crippen LogP contribution in [0.3, 0.4) is 0 Å². The van der Waals surface area contributed by atoms with E-state index in [-0.39, 0.29) is 5.92 Å². The van der Waals surface area contributed by atoms with Gasteiger partial charge in [-0.25, -0.2) is 0 Å². The molecule has 3 rings (SSSR count). The van der Waals surface area contributed by atoms with Crippen LogP contribution in [0.1, 0.15) is 30.7 Å². The lowest BCUT2D eigenvalue weighted by atomic mass is 9.70. The van der Waals surface area contributed by atoms with E-state index in [1.807, 2.05) is 12.1 Å². The molecule has 3 unspecified atom stereocenters. The summed E-state index contributed by atoms with van der Waals surface area (Å²) in [5.74, 6) is 1.85. The second kappa shape index (κ2) is 4.73. The van der Waals surface area contributed by atoms with Crippen molar-refractivity contribution < 1.29 is 9.53 Å². The number of ketones is 1. The first-order chi connectivity index (χ1) is 8.78. The molecule has 0 radical (unpaired) electrons. The minimum absolute atomic E-state index is 0.206. The van der Waals surface area contributed by atoms with Crippen molar-refractivity contribution >= 4 is 5.78 Å². The molecular weight excluding hydrogens is 226 g/mol. The van der Waals surface area contributed by atoms with Gasteiger partial charge < -0.3 is 10.1 Å². The molecule has 1 saturated carbocycles. The number of hydrogen-bond donors (Lipinski definition) is 1. The topological polar surface area (TPSA) is 38.3 Å². The summed E-state index contributed by atoms with van der Waals surface area (Å²) in [6.45, 7) is 0.551. The number of rotatable bonds is 2. The summed E-state index contributed by atoms with van der Waals surface area (Å²) in [5.41, 5.74) is 1.26. The molecule has 3 atom stereocenters. The summed E-state index contributed by atoms with van der Waals surface area (Å²) in [6.07, 6.45) is 3.27. The van der Waals surface area contributed by atoms with Crippen LogP contribution < -0.4 is 10.1 Å². The average molecular weight is 245 g/mol. The maximum atomic E-state index is 12.0. The molecule has 1 aromatic carbocycles. The number of Topliss-reactive ketones (excluding diaryl/α,β-unsaturated/α-hetero) is 1. The molecule has 1 aliphatic carbocycles. The lowest BCUT2D eigenvalue weighted by Gasteiger charge is -2.40. The van der Waals surface area contributed by atoms with E-state index in [1.54, 1.807) is 7.11 Å². The van der Waals surface area contributed by atoms with Gasteiger partial charge in [0, 0.05) is 12.0 Å². The largest absolute Gasteiger partial charge is 0.497 e. The fourth-order valence-corrected chi connectivity index (χ4v) is 3.36. The van der Waals surface area contributed by atoms with Crippen LogP contribution in [-0.4, -0.2) is 25.5 Å². The van der Waals surface area contributed by atoms with Crippen molar-refractivity contribution in [2.24, 2.45) is 5.92 Å². The Morgan fingerprint density at radius 3 is 3.00 bits per heavy atom. The van der Waals surface area contributed by atoms with Crippen LogP contribution in [0.4, 0.5) is 0 Å². The first-order valence-electron chi connectivity index (χ1n) is 6.68. The smallest absolute Gasteiger partial charge is 0.150 e. The Labute approximate surface area is 108 Å². The first-order valence-corrected chi connectivity index (χ1v) is 6.68. The van der Waals surface area contributed by atoms with E-state index < -0.39 is 0 Å². The second-order valence-electron chi connectivity index (χ2n) is 5.35. The maximum Gasteiger partial charge on any atom is 0.150 e. The average Bonchev–Trinajstić information content (AvgIpc) is 2.43. The van der Waals surface area contributed by atoms with Gasteiger partial charge in [0.15, 0.2) is 0 Å². The lowest BCUT2D eigenvalue weighted by Crippen LogP contribution is -2.49. The van der Waals surface area contributed by atoms with Gasteiger partial charge >= 0.3 is 0 Å². The molecule has 1 heterocycles. The van der Waals surface area contributed by atoms with E-state index in [4.69, 9.17) is 4.74 Å². The zero-order valence-corrected chi connectivity index (χ0v) is 10.7. The number of ether oxygens (including phenoxy) is 1. The molecule has 3 nitrogen and oxygen atoms in total. The predicted octanol–water partition coefficient (Wildman–Crippen LogP) is 2.12. The highest BCUT2D eigenvalue weighted by atomic mass is 16.5. The van der Waals surface area contributed by atoms with Crippen LogP contribution >= 0.6 is 0 Å². The molecule has 0 spiro atoms. The summed E-state index contributed by atoms with van der Waals surface area (Å²) in [7, 11) is 1.69. The number of carbonyl (C=O) groups is 1. The summed E-state index contributed by atoms with van der Waals surface area (Å²) >= 11 is 0. The Balaban J connectivity index is 1.88. The number of hydrogen-bond acceptors (Lipinski definition) is 3. The van der Waals surface area contributed by atoms with Crippen LogP contribution in [0.5, 0.6) is 5.75 Å². The number of methoxy groups -OCH3 is 1. The molecule has 2 bridgehead atoms. The van der Waals surface area contributed by atoms with E-state index in [0.29, 0.717) is 24.3 Å². The van der Waals surface area contributed by atoms with E-state index >= 15 is 0 Å². The molecule has 2 aliphatic rings. The minimum Gasteiger partial charge on any atom is -0.497 e. The quantitative estimate of drug-likeness (QED) is 0.867. The SMILES string of the molecule is COc1cccc(C2CCC3CC2C(=O)CN3)c1. The standard InChI is InChI=1S/C15H19NO2/c1-18-12-4-2-3-10(7-12)13-6-5-11-8-14(13)15(17)9-16-11/h2-4,7,11,13-14,16H,5-6,8-9H2,1H3. The van der Waals surface area contributed by atoms with Crippen LogP contribution in [0.2, 0.25) is 0 Å². The van der Waals surface area contributed by atoms with Crippen molar-refractivity contribution in [3.63, 3.8) is 0 Å². The molecule has 0 aromatic heterocycles. The molecule has 1 N–H and O–H groups in total. The highest BCUT2D eigenvalue weighted by Crippen LogP contribution is 2.40. The van der Waals surface area contributed by atoms with Crippen molar-refractivity contribution in [1.29, 1.82) is 0 Å². The predicted molar refractivity (Wildman–Crippen MR) is 69.9 cm³/mol. The Kier molecular flexibility index (Phi) is 3.08. The van der Waals surface area contributed by atoms with Gasteiger partial charge in [0.2, 0.25) is 0 Å². The number of carbonyl (C=O) groups excluding carboxylic acids is 1. The Morgan fingerprint density at radius 1 is 1.28 bits per heavy atom. The fourth-order valence-electron chi connectivity index (χ4n) is 3.36. The molecule has 96 valence electrons. The van der Waals surface area contributed by atoms with Gasteiger partial charge in [-0.2, -0.15) is 0 Å². The van der Waals surface area contributed by atoms with Crippen LogP contribution in [-0.2, 0) is 4.79 Å². The molecule has 0 amide bonds. The van der Waals surface area contributed by atoms with E-state index in [2.05, 4.69) is 17.4 Å². The van der Waals surface area contributed by atoms with Gasteiger partial charge in [-0.1, -0.05) is 12.1 Å². The molecular formula is C15H19NO2. The third-order valence-electron chi connectivity index (χ3n) is 4.35. The monoisotopic (exact) mass is 245 g/mol. The summed E-state index contributed by atoms with van der Waals surface area (Å²) in [4.78, 5) is 12.0. The summed E-state index contributed by atoms with van der Waals surface area (Å²) in [5, 5.41) is 3.32. The van der Waals surface area contributed by atoms with E-state index in [1.165, 1.54) is 12.0 Å². The molecule has 1 aliphatic heterocycles. The van der Waals surface area contributed by atoms with Crippen LogP contribution in [0, 0.1) is 5.92 Å². The van der Waals surface area contributed by atoms with Gasteiger partial charge in [0.25, 0.3) is 0 Å². The van der Waals surface area contributed by atoms with Crippen LogP contribution in [0.25, 0.3) is 0 Å². The van der Waals surface area contributed by atoms with Gasteiger partial charge in [-0.05, 0) is 42.9 Å². The van der Waals surface area contributed by atoms with E-state index in [0.717, 1.165) is 18.6 Å². The maximum absolute atomic E-state index is 12.0. The fraction of sp³-hybridized carbons (Fsp3) is 0.533. The Hall–Kier alpha value is -1.35. The summed E-state index contributed by atoms with van der Waals surface area (Å²) in [6, 6.07) is 8.74. The normalized spacial score (nSPS) is 31.2. The Bertz CT molecular complexity index is 458. The number of nitrogens with one attached hydrogen (secondary N) is 1. The molecule has 3 heteroatoms. The zero-order chi connectivity index (χ0) is 12.5. The van der Waals surface area contributed by atoms with Gasteiger partial charge in [0.1, 0.15) is 11.5 Å². The van der Waals surface area contributed by atoms with Crippen molar-refractivity contribution in [2.45, 2.75) is 31.2 Å². The second-order valence-corrected chi connectivity index (χ2v) is 5.35. The number of benzene rings is 1. The molecule has 1 saturated heterocycles. The van der Waals surface area contributed by atoms with Gasteiger partial charge in [-0.15, -0.1) is 0 Å². The van der Waals surface area contributed by atoms with Crippen molar-refractivity contribution in [1.82, 2.24) is 5.32 Å².